The number of carbonyl (C=O) groups is 1. The predicted molar refractivity (Wildman–Crippen MR) is 54.7 cm³/mol. The van der Waals surface area contributed by atoms with E-state index >= 15 is 0 Å². The molecule has 0 aliphatic heterocycles. The summed E-state index contributed by atoms with van der Waals surface area (Å²) in [7, 11) is 0. The van der Waals surface area contributed by atoms with Crippen LogP contribution in [0.3, 0.4) is 0 Å². The summed E-state index contributed by atoms with van der Waals surface area (Å²) in [6, 6.07) is 0. The first-order chi connectivity index (χ1) is 6.49. The molecule has 0 bridgehead atoms. The molecule has 3 heteroatoms. The van der Waals surface area contributed by atoms with Crippen molar-refractivity contribution in [3.63, 3.8) is 0 Å². The van der Waals surface area contributed by atoms with Gasteiger partial charge in [0.2, 0.25) is 0 Å². The summed E-state index contributed by atoms with van der Waals surface area (Å²) in [5.74, 6) is 1.19. The fourth-order valence-corrected chi connectivity index (χ4v) is 2.17. The number of rotatable bonds is 1. The molecule has 2 N–H and O–H groups in total. The van der Waals surface area contributed by atoms with Crippen molar-refractivity contribution in [1.29, 1.82) is 0 Å². The highest BCUT2D eigenvalue weighted by molar-refractivity contribution is 5.93. The molecule has 14 heavy (non-hydrogen) atoms. The van der Waals surface area contributed by atoms with Crippen molar-refractivity contribution in [2.75, 3.05) is 0 Å². The molecule has 0 saturated carbocycles. The first-order valence-corrected chi connectivity index (χ1v) is 5.13. The highest BCUT2D eigenvalue weighted by Gasteiger charge is 2.30. The Bertz CT molecular complexity index is 270. The number of amides is 1. The van der Waals surface area contributed by atoms with Gasteiger partial charge >= 0.3 is 0 Å². The third-order valence-corrected chi connectivity index (χ3v) is 3.75. The molecule has 0 saturated heterocycles. The van der Waals surface area contributed by atoms with E-state index in [1.165, 1.54) is 0 Å². The maximum Gasteiger partial charge on any atom is 0.270 e. The van der Waals surface area contributed by atoms with Crippen LogP contribution in [0, 0.1) is 17.8 Å². The minimum atomic E-state index is -0.340. The van der Waals surface area contributed by atoms with Gasteiger partial charge in [0.1, 0.15) is 0 Å². The van der Waals surface area contributed by atoms with E-state index in [2.05, 4.69) is 20.8 Å². The quantitative estimate of drug-likeness (QED) is 0.499. The molecule has 1 aliphatic rings. The molecule has 0 aromatic rings. The van der Waals surface area contributed by atoms with Crippen LogP contribution in [0.25, 0.3) is 0 Å². The summed E-state index contributed by atoms with van der Waals surface area (Å²) in [6.45, 7) is 8.49. The van der Waals surface area contributed by atoms with E-state index in [0.29, 0.717) is 17.8 Å². The molecular weight excluding hydrogens is 178 g/mol. The Hall–Kier alpha value is -0.830. The average Bonchev–Trinajstić information content (AvgIpc) is 2.19. The number of carbonyl (C=O) groups excluding carboxylic acids is 1. The molecule has 0 fully saturated rings. The maximum atomic E-state index is 11.4. The van der Waals surface area contributed by atoms with Crippen molar-refractivity contribution in [1.82, 2.24) is 5.48 Å². The molecule has 0 unspecified atom stereocenters. The van der Waals surface area contributed by atoms with E-state index in [0.717, 1.165) is 17.6 Å². The zero-order valence-electron chi connectivity index (χ0n) is 9.29. The molecule has 0 aromatic carbocycles. The van der Waals surface area contributed by atoms with Gasteiger partial charge in [-0.3, -0.25) is 10.0 Å². The van der Waals surface area contributed by atoms with Crippen molar-refractivity contribution in [2.24, 2.45) is 17.8 Å². The van der Waals surface area contributed by atoms with E-state index in [9.17, 15) is 4.79 Å². The van der Waals surface area contributed by atoms with Crippen LogP contribution in [0.1, 0.15) is 34.1 Å². The number of hydrogen-bond donors (Lipinski definition) is 2. The van der Waals surface area contributed by atoms with E-state index in [1.807, 2.05) is 6.92 Å². The molecule has 3 atom stereocenters. The Labute approximate surface area is 85.2 Å². The minimum Gasteiger partial charge on any atom is -0.288 e. The monoisotopic (exact) mass is 197 g/mol. The standard InChI is InChI=1S/C11H19NO2/c1-6-5-10(11(13)12-14)9(4)8(3)7(6)2/h6-8,14H,5H2,1-4H3,(H,12,13)/t6-,7+,8+/m1/s1. The lowest BCUT2D eigenvalue weighted by molar-refractivity contribution is -0.125. The number of hydroxylamine groups is 1. The smallest absolute Gasteiger partial charge is 0.270 e. The molecule has 1 amide bonds. The van der Waals surface area contributed by atoms with Gasteiger partial charge in [-0.15, -0.1) is 0 Å². The molecule has 3 nitrogen and oxygen atoms in total. The van der Waals surface area contributed by atoms with Crippen LogP contribution in [0.5, 0.6) is 0 Å². The highest BCUT2D eigenvalue weighted by atomic mass is 16.5. The van der Waals surface area contributed by atoms with Gasteiger partial charge in [-0.25, -0.2) is 5.48 Å². The molecule has 80 valence electrons. The van der Waals surface area contributed by atoms with Crippen LogP contribution in [0.4, 0.5) is 0 Å². The summed E-state index contributed by atoms with van der Waals surface area (Å²) in [5.41, 5.74) is 3.59. The van der Waals surface area contributed by atoms with Crippen LogP contribution < -0.4 is 5.48 Å². The lowest BCUT2D eigenvalue weighted by Crippen LogP contribution is -2.31. The number of allylic oxidation sites excluding steroid dienone is 1. The van der Waals surface area contributed by atoms with Crippen molar-refractivity contribution >= 4 is 5.91 Å². The van der Waals surface area contributed by atoms with Crippen LogP contribution >= 0.6 is 0 Å². The van der Waals surface area contributed by atoms with E-state index in [-0.39, 0.29) is 5.91 Å². The van der Waals surface area contributed by atoms with Crippen molar-refractivity contribution < 1.29 is 10.0 Å². The van der Waals surface area contributed by atoms with Gasteiger partial charge in [-0.05, 0) is 31.1 Å². The van der Waals surface area contributed by atoms with Gasteiger partial charge in [0.05, 0.1) is 0 Å². The van der Waals surface area contributed by atoms with E-state index < -0.39 is 0 Å². The first kappa shape index (κ1) is 11.2. The lowest BCUT2D eigenvalue weighted by Gasteiger charge is -2.34. The Morgan fingerprint density at radius 2 is 2.00 bits per heavy atom. The van der Waals surface area contributed by atoms with Gasteiger partial charge in [0.25, 0.3) is 5.91 Å². The molecule has 0 heterocycles. The molecule has 0 radical (unpaired) electrons. The fraction of sp³-hybridized carbons (Fsp3) is 0.727. The predicted octanol–water partition coefficient (Wildman–Crippen LogP) is 2.12. The summed E-state index contributed by atoms with van der Waals surface area (Å²) in [6.07, 6.45) is 0.768. The van der Waals surface area contributed by atoms with Gasteiger partial charge < -0.3 is 0 Å². The Morgan fingerprint density at radius 1 is 1.43 bits per heavy atom. The zero-order valence-corrected chi connectivity index (χ0v) is 9.29. The van der Waals surface area contributed by atoms with Crippen LogP contribution in [-0.4, -0.2) is 11.1 Å². The molecule has 1 aliphatic carbocycles. The zero-order chi connectivity index (χ0) is 10.9. The molecular formula is C11H19NO2. The van der Waals surface area contributed by atoms with Gasteiger partial charge in [-0.2, -0.15) is 0 Å². The van der Waals surface area contributed by atoms with Crippen LogP contribution in [-0.2, 0) is 4.79 Å². The minimum absolute atomic E-state index is 0.340. The highest BCUT2D eigenvalue weighted by Crippen LogP contribution is 2.37. The average molecular weight is 197 g/mol. The van der Waals surface area contributed by atoms with Crippen LogP contribution in [0.15, 0.2) is 11.1 Å². The third kappa shape index (κ3) is 1.82. The summed E-state index contributed by atoms with van der Waals surface area (Å²) < 4.78 is 0. The Kier molecular flexibility index (Phi) is 3.32. The van der Waals surface area contributed by atoms with Crippen molar-refractivity contribution in [3.05, 3.63) is 11.1 Å². The first-order valence-electron chi connectivity index (χ1n) is 5.13. The number of nitrogens with one attached hydrogen (secondary N) is 1. The van der Waals surface area contributed by atoms with Gasteiger partial charge in [0.15, 0.2) is 0 Å². The Morgan fingerprint density at radius 3 is 2.50 bits per heavy atom. The summed E-state index contributed by atoms with van der Waals surface area (Å²) in [5, 5.41) is 8.61. The second kappa shape index (κ2) is 4.13. The van der Waals surface area contributed by atoms with Crippen molar-refractivity contribution in [3.8, 4) is 0 Å². The second-order valence-corrected chi connectivity index (χ2v) is 4.43. The maximum absolute atomic E-state index is 11.4. The van der Waals surface area contributed by atoms with Gasteiger partial charge in [0, 0.05) is 5.57 Å². The largest absolute Gasteiger partial charge is 0.288 e. The topological polar surface area (TPSA) is 49.3 Å². The van der Waals surface area contributed by atoms with Crippen LogP contribution in [0.2, 0.25) is 0 Å². The van der Waals surface area contributed by atoms with Crippen molar-refractivity contribution in [2.45, 2.75) is 34.1 Å². The summed E-state index contributed by atoms with van der Waals surface area (Å²) >= 11 is 0. The number of hydrogen-bond acceptors (Lipinski definition) is 2. The van der Waals surface area contributed by atoms with E-state index in [4.69, 9.17) is 5.21 Å². The molecule has 0 aromatic heterocycles. The third-order valence-electron chi connectivity index (χ3n) is 3.75. The molecule has 0 spiro atoms. The second-order valence-electron chi connectivity index (χ2n) is 4.43. The normalized spacial score (nSPS) is 33.1. The summed E-state index contributed by atoms with van der Waals surface area (Å²) in [4.78, 5) is 11.4. The fourth-order valence-electron chi connectivity index (χ4n) is 2.17. The lowest BCUT2D eigenvalue weighted by atomic mass is 9.71. The van der Waals surface area contributed by atoms with Gasteiger partial charge in [-0.1, -0.05) is 26.3 Å². The SMILES string of the molecule is CC1=C(C(=O)NO)C[C@@H](C)[C@H](C)[C@@H]1C. The molecule has 1 rings (SSSR count). The van der Waals surface area contributed by atoms with E-state index in [1.54, 1.807) is 5.48 Å². The Balaban J connectivity index is 2.99.